The van der Waals surface area contributed by atoms with Gasteiger partial charge in [0.2, 0.25) is 0 Å². The van der Waals surface area contributed by atoms with Crippen LogP contribution in [-0.4, -0.2) is 30.8 Å². The van der Waals surface area contributed by atoms with Crippen molar-refractivity contribution in [3.8, 4) is 0 Å². The van der Waals surface area contributed by atoms with E-state index in [0.717, 1.165) is 43.7 Å². The van der Waals surface area contributed by atoms with Gasteiger partial charge in [-0.25, -0.2) is 4.39 Å². The molecule has 1 aromatic carbocycles. The topological polar surface area (TPSA) is 35.5 Å². The van der Waals surface area contributed by atoms with Gasteiger partial charge in [-0.1, -0.05) is 19.9 Å². The molecule has 0 aromatic heterocycles. The Morgan fingerprint density at radius 1 is 1.48 bits per heavy atom. The molecule has 0 aliphatic carbocycles. The quantitative estimate of drug-likeness (QED) is 0.876. The van der Waals surface area contributed by atoms with Crippen molar-refractivity contribution in [3.05, 3.63) is 29.6 Å². The SMILES string of the molecule is CCCNC(C)c1c(F)cccc1N1CCC(O)C(C)C1. The van der Waals surface area contributed by atoms with E-state index in [1.54, 1.807) is 6.07 Å². The van der Waals surface area contributed by atoms with Crippen molar-refractivity contribution in [1.29, 1.82) is 0 Å². The molecule has 4 heteroatoms. The molecule has 21 heavy (non-hydrogen) atoms. The van der Waals surface area contributed by atoms with E-state index in [1.165, 1.54) is 6.07 Å². The molecule has 0 amide bonds. The van der Waals surface area contributed by atoms with E-state index in [4.69, 9.17) is 0 Å². The highest BCUT2D eigenvalue weighted by Crippen LogP contribution is 2.32. The number of nitrogens with zero attached hydrogens (tertiary/aromatic N) is 1. The summed E-state index contributed by atoms with van der Waals surface area (Å²) in [5, 5.41) is 13.3. The van der Waals surface area contributed by atoms with E-state index < -0.39 is 0 Å². The maximum absolute atomic E-state index is 14.3. The van der Waals surface area contributed by atoms with Crippen molar-refractivity contribution in [3.63, 3.8) is 0 Å². The van der Waals surface area contributed by atoms with Crippen molar-refractivity contribution in [2.24, 2.45) is 5.92 Å². The predicted octanol–water partition coefficient (Wildman–Crippen LogP) is 3.09. The second kappa shape index (κ2) is 7.23. The van der Waals surface area contributed by atoms with Crippen LogP contribution in [0.1, 0.15) is 45.2 Å². The van der Waals surface area contributed by atoms with Gasteiger partial charge in [-0.05, 0) is 44.4 Å². The summed E-state index contributed by atoms with van der Waals surface area (Å²) < 4.78 is 14.3. The Balaban J connectivity index is 2.25. The fourth-order valence-corrected chi connectivity index (χ4v) is 3.04. The fourth-order valence-electron chi connectivity index (χ4n) is 3.04. The minimum Gasteiger partial charge on any atom is -0.393 e. The van der Waals surface area contributed by atoms with Gasteiger partial charge in [0.1, 0.15) is 5.82 Å². The van der Waals surface area contributed by atoms with Crippen molar-refractivity contribution in [2.75, 3.05) is 24.5 Å². The molecule has 0 spiro atoms. The lowest BCUT2D eigenvalue weighted by molar-refractivity contribution is 0.0970. The number of hydrogen-bond donors (Lipinski definition) is 2. The molecule has 118 valence electrons. The number of rotatable bonds is 5. The van der Waals surface area contributed by atoms with Gasteiger partial charge in [0.25, 0.3) is 0 Å². The Hall–Kier alpha value is -1.13. The number of piperidine rings is 1. The van der Waals surface area contributed by atoms with Crippen molar-refractivity contribution in [1.82, 2.24) is 5.32 Å². The highest BCUT2D eigenvalue weighted by molar-refractivity contribution is 5.56. The number of hydrogen-bond acceptors (Lipinski definition) is 3. The van der Waals surface area contributed by atoms with Crippen LogP contribution in [0.5, 0.6) is 0 Å². The third-order valence-corrected chi connectivity index (χ3v) is 4.36. The third kappa shape index (κ3) is 3.74. The summed E-state index contributed by atoms with van der Waals surface area (Å²) in [7, 11) is 0. The highest BCUT2D eigenvalue weighted by atomic mass is 19.1. The Bertz CT molecular complexity index is 466. The maximum atomic E-state index is 14.3. The van der Waals surface area contributed by atoms with E-state index in [9.17, 15) is 9.50 Å². The number of aliphatic hydroxyl groups is 1. The van der Waals surface area contributed by atoms with Crippen molar-refractivity contribution in [2.45, 2.75) is 45.8 Å². The summed E-state index contributed by atoms with van der Waals surface area (Å²) in [6, 6.07) is 5.29. The van der Waals surface area contributed by atoms with Gasteiger partial charge in [0.15, 0.2) is 0 Å². The van der Waals surface area contributed by atoms with Gasteiger partial charge in [-0.15, -0.1) is 0 Å². The fraction of sp³-hybridized carbons (Fsp3) is 0.647. The Morgan fingerprint density at radius 2 is 2.24 bits per heavy atom. The molecule has 0 radical (unpaired) electrons. The third-order valence-electron chi connectivity index (χ3n) is 4.36. The van der Waals surface area contributed by atoms with Crippen LogP contribution in [0.25, 0.3) is 0 Å². The molecule has 2 N–H and O–H groups in total. The number of halogens is 1. The minimum atomic E-state index is -0.242. The monoisotopic (exact) mass is 294 g/mol. The molecule has 0 bridgehead atoms. The second-order valence-electron chi connectivity index (χ2n) is 6.13. The smallest absolute Gasteiger partial charge is 0.130 e. The van der Waals surface area contributed by atoms with Gasteiger partial charge in [-0.2, -0.15) is 0 Å². The van der Waals surface area contributed by atoms with E-state index in [0.29, 0.717) is 0 Å². The van der Waals surface area contributed by atoms with Gasteiger partial charge < -0.3 is 15.3 Å². The molecule has 1 aliphatic heterocycles. The van der Waals surface area contributed by atoms with Crippen LogP contribution < -0.4 is 10.2 Å². The molecule has 1 aromatic rings. The summed E-state index contributed by atoms with van der Waals surface area (Å²) in [5.41, 5.74) is 1.71. The van der Waals surface area contributed by atoms with Gasteiger partial charge in [-0.3, -0.25) is 0 Å². The first-order valence-electron chi connectivity index (χ1n) is 7.99. The van der Waals surface area contributed by atoms with Gasteiger partial charge in [0, 0.05) is 30.4 Å². The lowest BCUT2D eigenvalue weighted by Gasteiger charge is -2.37. The summed E-state index contributed by atoms with van der Waals surface area (Å²) in [5.74, 6) is 0.0659. The van der Waals surface area contributed by atoms with Crippen LogP contribution in [0.4, 0.5) is 10.1 Å². The van der Waals surface area contributed by atoms with Gasteiger partial charge >= 0.3 is 0 Å². The molecular weight excluding hydrogens is 267 g/mol. The van der Waals surface area contributed by atoms with Crippen LogP contribution in [0.15, 0.2) is 18.2 Å². The Labute approximate surface area is 127 Å². The molecule has 1 heterocycles. The summed E-state index contributed by atoms with van der Waals surface area (Å²) in [6.07, 6.45) is 1.53. The lowest BCUT2D eigenvalue weighted by atomic mass is 9.94. The number of nitrogens with one attached hydrogen (secondary N) is 1. The average molecular weight is 294 g/mol. The minimum absolute atomic E-state index is 0.0108. The van der Waals surface area contributed by atoms with Crippen molar-refractivity contribution >= 4 is 5.69 Å². The molecule has 1 aliphatic rings. The van der Waals surface area contributed by atoms with E-state index in [1.807, 2.05) is 13.0 Å². The Morgan fingerprint density at radius 3 is 2.90 bits per heavy atom. The van der Waals surface area contributed by atoms with E-state index >= 15 is 0 Å². The number of anilines is 1. The standard InChI is InChI=1S/C17H27FN2O/c1-4-9-19-13(3)17-14(18)6-5-7-15(17)20-10-8-16(21)12(2)11-20/h5-7,12-13,16,19,21H,4,8-11H2,1-3H3. The first kappa shape index (κ1) is 16.2. The predicted molar refractivity (Wildman–Crippen MR) is 85.1 cm³/mol. The largest absolute Gasteiger partial charge is 0.393 e. The molecular formula is C17H27FN2O. The van der Waals surface area contributed by atoms with E-state index in [-0.39, 0.29) is 23.9 Å². The lowest BCUT2D eigenvalue weighted by Crippen LogP contribution is -2.42. The van der Waals surface area contributed by atoms with Crippen LogP contribution >= 0.6 is 0 Å². The van der Waals surface area contributed by atoms with E-state index in [2.05, 4.69) is 24.1 Å². The number of aliphatic hydroxyl groups excluding tert-OH is 1. The number of benzene rings is 1. The zero-order valence-corrected chi connectivity index (χ0v) is 13.3. The molecule has 0 saturated carbocycles. The van der Waals surface area contributed by atoms with Crippen LogP contribution in [0.2, 0.25) is 0 Å². The van der Waals surface area contributed by atoms with Crippen LogP contribution in [0, 0.1) is 11.7 Å². The summed E-state index contributed by atoms with van der Waals surface area (Å²) >= 11 is 0. The molecule has 3 unspecified atom stereocenters. The molecule has 1 fully saturated rings. The van der Waals surface area contributed by atoms with Gasteiger partial charge in [0.05, 0.1) is 6.10 Å². The first-order valence-corrected chi connectivity index (χ1v) is 7.99. The van der Waals surface area contributed by atoms with Crippen molar-refractivity contribution < 1.29 is 9.50 Å². The maximum Gasteiger partial charge on any atom is 0.130 e. The van der Waals surface area contributed by atoms with Crippen LogP contribution in [0.3, 0.4) is 0 Å². The molecule has 3 atom stereocenters. The summed E-state index contributed by atoms with van der Waals surface area (Å²) in [6.45, 7) is 8.61. The molecule has 3 nitrogen and oxygen atoms in total. The summed E-state index contributed by atoms with van der Waals surface area (Å²) in [4.78, 5) is 2.21. The molecule has 1 saturated heterocycles. The first-order chi connectivity index (χ1) is 10.0. The second-order valence-corrected chi connectivity index (χ2v) is 6.13. The normalized spacial score (nSPS) is 24.1. The Kier molecular flexibility index (Phi) is 5.59. The zero-order chi connectivity index (χ0) is 15.4. The zero-order valence-electron chi connectivity index (χ0n) is 13.3. The average Bonchev–Trinajstić information content (AvgIpc) is 2.47. The van der Waals surface area contributed by atoms with Crippen LogP contribution in [-0.2, 0) is 0 Å². The molecule has 2 rings (SSSR count). The highest BCUT2D eigenvalue weighted by Gasteiger charge is 2.27.